The van der Waals surface area contributed by atoms with Crippen molar-refractivity contribution < 1.29 is 14.6 Å². The highest BCUT2D eigenvalue weighted by Crippen LogP contribution is 2.24. The highest BCUT2D eigenvalue weighted by molar-refractivity contribution is 5.97. The van der Waals surface area contributed by atoms with E-state index in [2.05, 4.69) is 6.58 Å². The predicted molar refractivity (Wildman–Crippen MR) is 66.4 cm³/mol. The van der Waals surface area contributed by atoms with E-state index >= 15 is 0 Å². The molecule has 1 amide bonds. The standard InChI is InChI=1S/C13H17NO3/c1-9(2)8-14(3)13(16)11-6-5-10(17-4)7-12(11)15/h5-7,15H,1,8H2,2-4H3. The minimum Gasteiger partial charge on any atom is -0.507 e. The zero-order valence-electron chi connectivity index (χ0n) is 10.4. The number of methoxy groups -OCH3 is 1. The average Bonchev–Trinajstić information content (AvgIpc) is 2.27. The summed E-state index contributed by atoms with van der Waals surface area (Å²) in [7, 11) is 3.17. The first-order valence-electron chi connectivity index (χ1n) is 5.22. The molecule has 0 aliphatic carbocycles. The van der Waals surface area contributed by atoms with E-state index in [1.54, 1.807) is 19.2 Å². The van der Waals surface area contributed by atoms with Crippen molar-refractivity contribution in [2.75, 3.05) is 20.7 Å². The Kier molecular flexibility index (Phi) is 4.15. The topological polar surface area (TPSA) is 49.8 Å². The van der Waals surface area contributed by atoms with Crippen molar-refractivity contribution in [3.05, 3.63) is 35.9 Å². The van der Waals surface area contributed by atoms with E-state index in [0.29, 0.717) is 12.3 Å². The third-order valence-corrected chi connectivity index (χ3v) is 2.29. The lowest BCUT2D eigenvalue weighted by Crippen LogP contribution is -2.28. The van der Waals surface area contributed by atoms with Crippen LogP contribution in [0.25, 0.3) is 0 Å². The lowest BCUT2D eigenvalue weighted by molar-refractivity contribution is 0.0804. The van der Waals surface area contributed by atoms with Crippen molar-refractivity contribution in [1.82, 2.24) is 4.90 Å². The second-order valence-electron chi connectivity index (χ2n) is 4.00. The van der Waals surface area contributed by atoms with Crippen LogP contribution in [-0.4, -0.2) is 36.6 Å². The van der Waals surface area contributed by atoms with Gasteiger partial charge in [-0.05, 0) is 19.1 Å². The Balaban J connectivity index is 2.92. The van der Waals surface area contributed by atoms with Gasteiger partial charge in [0.25, 0.3) is 5.91 Å². The maximum Gasteiger partial charge on any atom is 0.257 e. The molecule has 4 heteroatoms. The molecule has 4 nitrogen and oxygen atoms in total. The molecule has 0 heterocycles. The second kappa shape index (κ2) is 5.39. The molecule has 1 aromatic rings. The molecule has 92 valence electrons. The van der Waals surface area contributed by atoms with E-state index in [9.17, 15) is 9.90 Å². The van der Waals surface area contributed by atoms with Gasteiger partial charge in [0.2, 0.25) is 0 Å². The number of carbonyl (C=O) groups is 1. The predicted octanol–water partition coefficient (Wildman–Crippen LogP) is 2.05. The number of phenols is 1. The van der Waals surface area contributed by atoms with Gasteiger partial charge in [-0.2, -0.15) is 0 Å². The fourth-order valence-corrected chi connectivity index (χ4v) is 1.50. The van der Waals surface area contributed by atoms with Crippen LogP contribution in [0.4, 0.5) is 0 Å². The number of carbonyl (C=O) groups excluding carboxylic acids is 1. The van der Waals surface area contributed by atoms with E-state index in [1.807, 2.05) is 6.92 Å². The third-order valence-electron chi connectivity index (χ3n) is 2.29. The zero-order chi connectivity index (χ0) is 13.0. The van der Waals surface area contributed by atoms with Gasteiger partial charge < -0.3 is 14.7 Å². The molecule has 0 spiro atoms. The van der Waals surface area contributed by atoms with Gasteiger partial charge in [-0.3, -0.25) is 4.79 Å². The molecule has 17 heavy (non-hydrogen) atoms. The third kappa shape index (κ3) is 3.24. The number of benzene rings is 1. The van der Waals surface area contributed by atoms with Crippen LogP contribution >= 0.6 is 0 Å². The lowest BCUT2D eigenvalue weighted by atomic mass is 10.1. The molecule has 1 rings (SSSR count). The van der Waals surface area contributed by atoms with Crippen molar-refractivity contribution in [2.45, 2.75) is 6.92 Å². The lowest BCUT2D eigenvalue weighted by Gasteiger charge is -2.17. The molecular weight excluding hydrogens is 218 g/mol. The molecule has 1 aromatic carbocycles. The summed E-state index contributed by atoms with van der Waals surface area (Å²) in [4.78, 5) is 13.5. The minimum atomic E-state index is -0.242. The summed E-state index contributed by atoms with van der Waals surface area (Å²) in [6.45, 7) is 6.05. The number of likely N-dealkylation sites (N-methyl/N-ethyl adjacent to an activating group) is 1. The Labute approximate surface area is 101 Å². The van der Waals surface area contributed by atoms with Gasteiger partial charge in [0, 0.05) is 19.7 Å². The molecule has 0 saturated heterocycles. The number of aromatic hydroxyl groups is 1. The van der Waals surface area contributed by atoms with Crippen molar-refractivity contribution in [2.24, 2.45) is 0 Å². The quantitative estimate of drug-likeness (QED) is 0.812. The van der Waals surface area contributed by atoms with Crippen LogP contribution < -0.4 is 4.74 Å². The summed E-state index contributed by atoms with van der Waals surface area (Å²) >= 11 is 0. The normalized spacial score (nSPS) is 9.82. The Morgan fingerprint density at radius 2 is 2.18 bits per heavy atom. The molecule has 0 fully saturated rings. The van der Waals surface area contributed by atoms with Crippen molar-refractivity contribution in [3.63, 3.8) is 0 Å². The van der Waals surface area contributed by atoms with Crippen LogP contribution in [0, 0.1) is 0 Å². The molecule has 1 N–H and O–H groups in total. The van der Waals surface area contributed by atoms with Gasteiger partial charge in [-0.15, -0.1) is 0 Å². The molecule has 0 unspecified atom stereocenters. The number of phenolic OH excluding ortho intramolecular Hbond substituents is 1. The Hall–Kier alpha value is -1.97. The average molecular weight is 235 g/mol. The fraction of sp³-hybridized carbons (Fsp3) is 0.308. The summed E-state index contributed by atoms with van der Waals surface area (Å²) in [5.41, 5.74) is 1.14. The van der Waals surface area contributed by atoms with E-state index in [1.165, 1.54) is 18.1 Å². The van der Waals surface area contributed by atoms with Gasteiger partial charge in [-0.25, -0.2) is 0 Å². The monoisotopic (exact) mass is 235 g/mol. The van der Waals surface area contributed by atoms with Crippen molar-refractivity contribution >= 4 is 5.91 Å². The number of hydrogen-bond donors (Lipinski definition) is 1. The SMILES string of the molecule is C=C(C)CN(C)C(=O)c1ccc(OC)cc1O. The van der Waals surface area contributed by atoms with Crippen LogP contribution in [0.3, 0.4) is 0 Å². The first kappa shape index (κ1) is 13.1. The number of nitrogens with zero attached hydrogens (tertiary/aromatic N) is 1. The number of hydrogen-bond acceptors (Lipinski definition) is 3. The van der Waals surface area contributed by atoms with Crippen LogP contribution in [0.2, 0.25) is 0 Å². The molecule has 0 bridgehead atoms. The fourth-order valence-electron chi connectivity index (χ4n) is 1.50. The van der Waals surface area contributed by atoms with E-state index < -0.39 is 0 Å². The van der Waals surface area contributed by atoms with Gasteiger partial charge in [0.15, 0.2) is 0 Å². The van der Waals surface area contributed by atoms with E-state index in [-0.39, 0.29) is 17.2 Å². The van der Waals surface area contributed by atoms with Crippen LogP contribution in [0.5, 0.6) is 11.5 Å². The molecule has 0 saturated carbocycles. The molecular formula is C13H17NO3. The second-order valence-corrected chi connectivity index (χ2v) is 4.00. The summed E-state index contributed by atoms with van der Waals surface area (Å²) in [5, 5.41) is 9.73. The summed E-state index contributed by atoms with van der Waals surface area (Å²) in [6.07, 6.45) is 0. The zero-order valence-corrected chi connectivity index (χ0v) is 10.4. The Morgan fingerprint density at radius 1 is 1.53 bits per heavy atom. The Bertz CT molecular complexity index is 440. The largest absolute Gasteiger partial charge is 0.507 e. The molecule has 0 aliphatic heterocycles. The maximum absolute atomic E-state index is 12.0. The minimum absolute atomic E-state index is 0.0806. The first-order chi connectivity index (χ1) is 7.95. The van der Waals surface area contributed by atoms with Gasteiger partial charge in [0.05, 0.1) is 12.7 Å². The highest BCUT2D eigenvalue weighted by Gasteiger charge is 2.16. The summed E-state index contributed by atoms with van der Waals surface area (Å²) in [5.74, 6) is 0.192. The van der Waals surface area contributed by atoms with Gasteiger partial charge >= 0.3 is 0 Å². The van der Waals surface area contributed by atoms with Gasteiger partial charge in [0.1, 0.15) is 11.5 Å². The van der Waals surface area contributed by atoms with Crippen molar-refractivity contribution in [3.8, 4) is 11.5 Å². The van der Waals surface area contributed by atoms with E-state index in [0.717, 1.165) is 5.57 Å². The maximum atomic E-state index is 12.0. The van der Waals surface area contributed by atoms with Gasteiger partial charge in [-0.1, -0.05) is 12.2 Å². The van der Waals surface area contributed by atoms with Crippen LogP contribution in [0.15, 0.2) is 30.4 Å². The van der Waals surface area contributed by atoms with Crippen LogP contribution in [0.1, 0.15) is 17.3 Å². The summed E-state index contributed by atoms with van der Waals surface area (Å²) in [6, 6.07) is 4.61. The number of rotatable bonds is 4. The first-order valence-corrected chi connectivity index (χ1v) is 5.22. The highest BCUT2D eigenvalue weighted by atomic mass is 16.5. The summed E-state index contributed by atoms with van der Waals surface area (Å²) < 4.78 is 4.96. The molecule has 0 aromatic heterocycles. The Morgan fingerprint density at radius 3 is 2.65 bits per heavy atom. The smallest absolute Gasteiger partial charge is 0.257 e. The van der Waals surface area contributed by atoms with Crippen LogP contribution in [-0.2, 0) is 0 Å². The number of ether oxygens (including phenoxy) is 1. The number of amides is 1. The molecule has 0 radical (unpaired) electrons. The molecule has 0 atom stereocenters. The van der Waals surface area contributed by atoms with Crippen molar-refractivity contribution in [1.29, 1.82) is 0 Å². The van der Waals surface area contributed by atoms with E-state index in [4.69, 9.17) is 4.74 Å². The molecule has 0 aliphatic rings.